The molecule has 0 saturated carbocycles. The number of halogens is 3. The SMILES string of the molecule is Cc1c(O)cccc1OCCCOCC(F)(F)F. The highest BCUT2D eigenvalue weighted by Crippen LogP contribution is 2.25. The molecule has 0 aliphatic heterocycles. The third-order valence-electron chi connectivity index (χ3n) is 2.21. The number of aromatic hydroxyl groups is 1. The van der Waals surface area contributed by atoms with Crippen molar-refractivity contribution in [3.05, 3.63) is 23.8 Å². The van der Waals surface area contributed by atoms with E-state index in [-0.39, 0.29) is 19.0 Å². The third-order valence-corrected chi connectivity index (χ3v) is 2.21. The summed E-state index contributed by atoms with van der Waals surface area (Å²) in [6.07, 6.45) is -3.94. The number of phenolic OH excluding ortho intramolecular Hbond substituents is 1. The first-order valence-corrected chi connectivity index (χ1v) is 5.46. The van der Waals surface area contributed by atoms with Crippen molar-refractivity contribution in [2.45, 2.75) is 19.5 Å². The number of benzene rings is 1. The number of rotatable bonds is 6. The summed E-state index contributed by atoms with van der Waals surface area (Å²) < 4.78 is 45.0. The average Bonchev–Trinajstić information content (AvgIpc) is 2.27. The van der Waals surface area contributed by atoms with Gasteiger partial charge in [-0.1, -0.05) is 6.07 Å². The second-order valence-electron chi connectivity index (χ2n) is 3.77. The number of alkyl halides is 3. The standard InChI is InChI=1S/C12H15F3O3/c1-9-10(16)4-2-5-11(9)18-7-3-6-17-8-12(13,14)15/h2,4-5,16H,3,6-8H2,1H3. The van der Waals surface area contributed by atoms with Crippen LogP contribution in [0.2, 0.25) is 0 Å². The van der Waals surface area contributed by atoms with Crippen molar-refractivity contribution < 1.29 is 27.8 Å². The first-order chi connectivity index (χ1) is 8.40. The first kappa shape index (κ1) is 14.6. The molecule has 0 aromatic heterocycles. The van der Waals surface area contributed by atoms with Crippen LogP contribution in [0.4, 0.5) is 13.2 Å². The van der Waals surface area contributed by atoms with E-state index in [4.69, 9.17) is 4.74 Å². The van der Waals surface area contributed by atoms with Crippen LogP contribution in [0.15, 0.2) is 18.2 Å². The van der Waals surface area contributed by atoms with Crippen molar-refractivity contribution in [2.75, 3.05) is 19.8 Å². The van der Waals surface area contributed by atoms with Crippen LogP contribution in [0.25, 0.3) is 0 Å². The van der Waals surface area contributed by atoms with Gasteiger partial charge in [-0.25, -0.2) is 0 Å². The molecule has 1 aromatic carbocycles. The van der Waals surface area contributed by atoms with Gasteiger partial charge in [0, 0.05) is 12.0 Å². The van der Waals surface area contributed by atoms with Crippen LogP contribution in [0.1, 0.15) is 12.0 Å². The minimum Gasteiger partial charge on any atom is -0.508 e. The van der Waals surface area contributed by atoms with E-state index in [1.54, 1.807) is 19.1 Å². The van der Waals surface area contributed by atoms with Crippen LogP contribution in [-0.2, 0) is 4.74 Å². The van der Waals surface area contributed by atoms with E-state index in [0.717, 1.165) is 0 Å². The molecule has 0 aliphatic carbocycles. The number of ether oxygens (including phenoxy) is 2. The van der Waals surface area contributed by atoms with Gasteiger partial charge in [-0.05, 0) is 19.1 Å². The van der Waals surface area contributed by atoms with E-state index in [2.05, 4.69) is 4.74 Å². The number of hydrogen-bond donors (Lipinski definition) is 1. The van der Waals surface area contributed by atoms with Crippen LogP contribution in [0.5, 0.6) is 11.5 Å². The summed E-state index contributed by atoms with van der Waals surface area (Å²) in [4.78, 5) is 0. The highest BCUT2D eigenvalue weighted by atomic mass is 19.4. The van der Waals surface area contributed by atoms with Crippen molar-refractivity contribution in [3.63, 3.8) is 0 Å². The van der Waals surface area contributed by atoms with Gasteiger partial charge in [0.2, 0.25) is 0 Å². The Balaban J connectivity index is 2.20. The molecular formula is C12H15F3O3. The minimum atomic E-state index is -4.29. The van der Waals surface area contributed by atoms with Crippen LogP contribution in [0, 0.1) is 6.92 Å². The molecule has 0 heterocycles. The van der Waals surface area contributed by atoms with Crippen molar-refractivity contribution in [1.82, 2.24) is 0 Å². The maximum atomic E-state index is 11.7. The van der Waals surface area contributed by atoms with Gasteiger partial charge in [-0.3, -0.25) is 0 Å². The lowest BCUT2D eigenvalue weighted by molar-refractivity contribution is -0.174. The van der Waals surface area contributed by atoms with Crippen molar-refractivity contribution in [3.8, 4) is 11.5 Å². The molecule has 0 saturated heterocycles. The van der Waals surface area contributed by atoms with Gasteiger partial charge in [0.25, 0.3) is 0 Å². The van der Waals surface area contributed by atoms with Gasteiger partial charge < -0.3 is 14.6 Å². The molecular weight excluding hydrogens is 249 g/mol. The molecule has 0 spiro atoms. The van der Waals surface area contributed by atoms with E-state index < -0.39 is 12.8 Å². The fraction of sp³-hybridized carbons (Fsp3) is 0.500. The Bertz CT molecular complexity index is 377. The second-order valence-corrected chi connectivity index (χ2v) is 3.77. The minimum absolute atomic E-state index is 0.0165. The molecule has 0 radical (unpaired) electrons. The fourth-order valence-corrected chi connectivity index (χ4v) is 1.29. The van der Waals surface area contributed by atoms with Crippen LogP contribution in [-0.4, -0.2) is 31.1 Å². The molecule has 3 nitrogen and oxygen atoms in total. The molecule has 1 rings (SSSR count). The monoisotopic (exact) mass is 264 g/mol. The topological polar surface area (TPSA) is 38.7 Å². The average molecular weight is 264 g/mol. The zero-order valence-corrected chi connectivity index (χ0v) is 9.96. The lowest BCUT2D eigenvalue weighted by Gasteiger charge is -2.10. The molecule has 1 N–H and O–H groups in total. The molecule has 102 valence electrons. The molecule has 18 heavy (non-hydrogen) atoms. The summed E-state index contributed by atoms with van der Waals surface area (Å²) in [5.41, 5.74) is 0.605. The van der Waals surface area contributed by atoms with E-state index in [9.17, 15) is 18.3 Å². The maximum Gasteiger partial charge on any atom is 0.411 e. The fourth-order valence-electron chi connectivity index (χ4n) is 1.29. The van der Waals surface area contributed by atoms with E-state index in [1.807, 2.05) is 0 Å². The summed E-state index contributed by atoms with van der Waals surface area (Å²) in [5, 5.41) is 9.40. The molecule has 1 aromatic rings. The molecule has 6 heteroatoms. The van der Waals surface area contributed by atoms with E-state index in [1.165, 1.54) is 6.07 Å². The zero-order valence-electron chi connectivity index (χ0n) is 9.96. The Labute approximate surface area is 103 Å². The summed E-state index contributed by atoms with van der Waals surface area (Å²) in [6.45, 7) is 0.683. The lowest BCUT2D eigenvalue weighted by atomic mass is 10.2. The Hall–Kier alpha value is -1.43. The summed E-state index contributed by atoms with van der Waals surface area (Å²) >= 11 is 0. The predicted molar refractivity (Wildman–Crippen MR) is 59.8 cm³/mol. The number of phenols is 1. The first-order valence-electron chi connectivity index (χ1n) is 5.46. The summed E-state index contributed by atoms with van der Waals surface area (Å²) in [6, 6.07) is 4.86. The molecule has 0 unspecified atom stereocenters. The van der Waals surface area contributed by atoms with Crippen LogP contribution in [0.3, 0.4) is 0 Å². The molecule has 0 amide bonds. The Morgan fingerprint density at radius 1 is 1.22 bits per heavy atom. The van der Waals surface area contributed by atoms with E-state index >= 15 is 0 Å². The largest absolute Gasteiger partial charge is 0.508 e. The molecule has 0 atom stereocenters. The van der Waals surface area contributed by atoms with Crippen molar-refractivity contribution in [1.29, 1.82) is 0 Å². The summed E-state index contributed by atoms with van der Waals surface area (Å²) in [5.74, 6) is 0.645. The normalized spacial score (nSPS) is 11.6. The van der Waals surface area contributed by atoms with Crippen LogP contribution >= 0.6 is 0 Å². The zero-order chi connectivity index (χ0) is 13.6. The third kappa shape index (κ3) is 5.27. The van der Waals surface area contributed by atoms with Gasteiger partial charge in [-0.2, -0.15) is 13.2 Å². The van der Waals surface area contributed by atoms with Gasteiger partial charge in [-0.15, -0.1) is 0 Å². The van der Waals surface area contributed by atoms with Gasteiger partial charge >= 0.3 is 6.18 Å². The van der Waals surface area contributed by atoms with Gasteiger partial charge in [0.15, 0.2) is 0 Å². The Morgan fingerprint density at radius 3 is 2.61 bits per heavy atom. The van der Waals surface area contributed by atoms with Crippen molar-refractivity contribution >= 4 is 0 Å². The Kier molecular flexibility index (Phi) is 5.27. The summed E-state index contributed by atoms with van der Waals surface area (Å²) in [7, 11) is 0. The maximum absolute atomic E-state index is 11.7. The molecule has 0 bridgehead atoms. The lowest BCUT2D eigenvalue weighted by Crippen LogP contribution is -2.18. The van der Waals surface area contributed by atoms with Crippen LogP contribution < -0.4 is 4.74 Å². The van der Waals surface area contributed by atoms with E-state index in [0.29, 0.717) is 17.7 Å². The predicted octanol–water partition coefficient (Wildman–Crippen LogP) is 3.05. The van der Waals surface area contributed by atoms with Gasteiger partial charge in [0.1, 0.15) is 18.1 Å². The second kappa shape index (κ2) is 6.49. The highest BCUT2D eigenvalue weighted by molar-refractivity contribution is 5.42. The quantitative estimate of drug-likeness (QED) is 0.802. The number of hydrogen-bond acceptors (Lipinski definition) is 3. The molecule has 0 aliphatic rings. The smallest absolute Gasteiger partial charge is 0.411 e. The van der Waals surface area contributed by atoms with Crippen molar-refractivity contribution in [2.24, 2.45) is 0 Å². The highest BCUT2D eigenvalue weighted by Gasteiger charge is 2.27. The molecule has 0 fully saturated rings. The van der Waals surface area contributed by atoms with Gasteiger partial charge in [0.05, 0.1) is 13.2 Å². The Morgan fingerprint density at radius 2 is 1.94 bits per heavy atom.